The number of carbonyl (C=O) groups is 2. The number of hydrogen-bond donors (Lipinski definition) is 3. The fourth-order valence-corrected chi connectivity index (χ4v) is 3.19. The molecule has 0 saturated heterocycles. The number of hydrogen-bond acceptors (Lipinski definition) is 5. The highest BCUT2D eigenvalue weighted by Gasteiger charge is 2.33. The smallest absolute Gasteiger partial charge is 0.416 e. The minimum Gasteiger partial charge on any atom is -0.457 e. The fraction of sp³-hybridized carbons (Fsp3) is 0.160. The van der Waals surface area contributed by atoms with Crippen molar-refractivity contribution in [3.63, 3.8) is 0 Å². The standard InChI is InChI=1S/C25H22F3N3O4/c26-25(27,28)21-14-18(8-7-17(21)4-2-12-32)31-23(33)9-6-16-3-1-5-19(13-16)35-20-10-11-30-22(15-20)24(29)34/h1,3,5-11,13-15,32H,2,4,12H2,(H2,29,34)(H,31,33)/b9-6+. The second kappa shape index (κ2) is 11.3. The van der Waals surface area contributed by atoms with E-state index in [1.54, 1.807) is 30.3 Å². The second-order valence-corrected chi connectivity index (χ2v) is 7.44. The lowest BCUT2D eigenvalue weighted by molar-refractivity contribution is -0.138. The van der Waals surface area contributed by atoms with E-state index in [9.17, 15) is 22.8 Å². The van der Waals surface area contributed by atoms with E-state index in [-0.39, 0.29) is 36.4 Å². The van der Waals surface area contributed by atoms with E-state index >= 15 is 0 Å². The summed E-state index contributed by atoms with van der Waals surface area (Å²) in [6.45, 7) is -0.218. The van der Waals surface area contributed by atoms with Gasteiger partial charge in [-0.15, -0.1) is 0 Å². The van der Waals surface area contributed by atoms with Crippen molar-refractivity contribution in [3.05, 3.63) is 89.3 Å². The number of primary amides is 1. The van der Waals surface area contributed by atoms with Crippen LogP contribution in [0.1, 0.15) is 33.6 Å². The minimum atomic E-state index is -4.59. The highest BCUT2D eigenvalue weighted by molar-refractivity contribution is 6.02. The Labute approximate surface area is 199 Å². The van der Waals surface area contributed by atoms with Crippen LogP contribution in [0, 0.1) is 0 Å². The summed E-state index contributed by atoms with van der Waals surface area (Å²) in [4.78, 5) is 27.4. The number of aryl methyl sites for hydroxylation is 1. The van der Waals surface area contributed by atoms with Crippen LogP contribution in [0.3, 0.4) is 0 Å². The number of alkyl halides is 3. The molecule has 1 heterocycles. The third-order valence-electron chi connectivity index (χ3n) is 4.79. The third kappa shape index (κ3) is 7.41. The first-order valence-electron chi connectivity index (χ1n) is 10.5. The van der Waals surface area contributed by atoms with Gasteiger partial charge in [-0.05, 0) is 60.4 Å². The zero-order valence-electron chi connectivity index (χ0n) is 18.4. The zero-order valence-corrected chi connectivity index (χ0v) is 18.4. The van der Waals surface area contributed by atoms with E-state index in [0.717, 1.165) is 6.07 Å². The molecule has 3 aromatic rings. The number of benzene rings is 2. The normalized spacial score (nSPS) is 11.4. The number of nitrogens with one attached hydrogen (secondary N) is 1. The van der Waals surface area contributed by atoms with Gasteiger partial charge in [-0.1, -0.05) is 18.2 Å². The van der Waals surface area contributed by atoms with Crippen molar-refractivity contribution in [1.82, 2.24) is 4.98 Å². The highest BCUT2D eigenvalue weighted by atomic mass is 19.4. The Morgan fingerprint density at radius 1 is 1.09 bits per heavy atom. The minimum absolute atomic E-state index is 0.000232. The van der Waals surface area contributed by atoms with Crippen LogP contribution in [0.25, 0.3) is 6.08 Å². The van der Waals surface area contributed by atoms with Gasteiger partial charge in [0.25, 0.3) is 5.91 Å². The van der Waals surface area contributed by atoms with Crippen molar-refractivity contribution in [1.29, 1.82) is 0 Å². The lowest BCUT2D eigenvalue weighted by atomic mass is 10.0. The van der Waals surface area contributed by atoms with Crippen LogP contribution in [0.15, 0.2) is 66.9 Å². The number of amides is 2. The molecule has 1 aromatic heterocycles. The van der Waals surface area contributed by atoms with Crippen LogP contribution in [0.4, 0.5) is 18.9 Å². The topological polar surface area (TPSA) is 115 Å². The van der Waals surface area contributed by atoms with E-state index in [4.69, 9.17) is 15.6 Å². The maximum atomic E-state index is 13.4. The predicted molar refractivity (Wildman–Crippen MR) is 124 cm³/mol. The molecule has 2 amide bonds. The number of aliphatic hydroxyl groups is 1. The summed E-state index contributed by atoms with van der Waals surface area (Å²) >= 11 is 0. The molecule has 0 aliphatic rings. The van der Waals surface area contributed by atoms with Gasteiger partial charge in [0.1, 0.15) is 17.2 Å². The zero-order chi connectivity index (χ0) is 25.4. The number of aromatic nitrogens is 1. The van der Waals surface area contributed by atoms with Crippen LogP contribution in [-0.4, -0.2) is 28.5 Å². The number of anilines is 1. The quantitative estimate of drug-likeness (QED) is 0.384. The Hall–Kier alpha value is -4.18. The van der Waals surface area contributed by atoms with E-state index in [1.165, 1.54) is 36.5 Å². The summed E-state index contributed by atoms with van der Waals surface area (Å²) in [5.41, 5.74) is 5.05. The largest absolute Gasteiger partial charge is 0.457 e. The van der Waals surface area contributed by atoms with Gasteiger partial charge in [0.15, 0.2) is 0 Å². The van der Waals surface area contributed by atoms with Gasteiger partial charge >= 0.3 is 6.18 Å². The molecule has 0 unspecified atom stereocenters. The van der Waals surface area contributed by atoms with Crippen molar-refractivity contribution in [2.24, 2.45) is 5.73 Å². The molecular formula is C25H22F3N3O4. The van der Waals surface area contributed by atoms with Gasteiger partial charge in [-0.3, -0.25) is 14.6 Å². The molecule has 182 valence electrons. The average Bonchev–Trinajstić information content (AvgIpc) is 2.82. The maximum Gasteiger partial charge on any atom is 0.416 e. The fourth-order valence-electron chi connectivity index (χ4n) is 3.19. The molecule has 0 saturated carbocycles. The molecule has 0 radical (unpaired) electrons. The summed E-state index contributed by atoms with van der Waals surface area (Å²) in [6.07, 6.45) is -0.274. The Bertz CT molecular complexity index is 1240. The Kier molecular flexibility index (Phi) is 8.21. The Morgan fingerprint density at radius 3 is 2.57 bits per heavy atom. The average molecular weight is 485 g/mol. The van der Waals surface area contributed by atoms with Gasteiger partial charge in [-0.2, -0.15) is 13.2 Å². The first-order chi connectivity index (χ1) is 16.7. The summed E-state index contributed by atoms with van der Waals surface area (Å²) in [5.74, 6) is -0.550. The summed E-state index contributed by atoms with van der Waals surface area (Å²) in [6, 6.07) is 13.2. The number of halogens is 3. The molecule has 0 aliphatic carbocycles. The molecule has 4 N–H and O–H groups in total. The van der Waals surface area contributed by atoms with E-state index in [0.29, 0.717) is 17.1 Å². The predicted octanol–water partition coefficient (Wildman–Crippen LogP) is 4.57. The SMILES string of the molecule is NC(=O)c1cc(Oc2cccc(/C=C/C(=O)Nc3ccc(CCCO)c(C(F)(F)F)c3)c2)ccn1. The molecule has 0 spiro atoms. The monoisotopic (exact) mass is 485 g/mol. The van der Waals surface area contributed by atoms with Crippen LogP contribution < -0.4 is 15.8 Å². The number of ether oxygens (including phenoxy) is 1. The van der Waals surface area contributed by atoms with Crippen LogP contribution in [-0.2, 0) is 17.4 Å². The molecule has 10 heteroatoms. The summed E-state index contributed by atoms with van der Waals surface area (Å²) < 4.78 is 45.9. The molecule has 0 aliphatic heterocycles. The van der Waals surface area contributed by atoms with E-state index in [1.807, 2.05) is 0 Å². The molecule has 7 nitrogen and oxygen atoms in total. The summed E-state index contributed by atoms with van der Waals surface area (Å²) in [7, 11) is 0. The highest BCUT2D eigenvalue weighted by Crippen LogP contribution is 2.34. The molecule has 0 bridgehead atoms. The molecular weight excluding hydrogens is 463 g/mol. The van der Waals surface area contributed by atoms with Gasteiger partial charge in [0.05, 0.1) is 5.56 Å². The van der Waals surface area contributed by atoms with Crippen molar-refractivity contribution in [3.8, 4) is 11.5 Å². The van der Waals surface area contributed by atoms with Crippen molar-refractivity contribution < 1.29 is 32.6 Å². The number of carbonyl (C=O) groups excluding carboxylic acids is 2. The van der Waals surface area contributed by atoms with Crippen molar-refractivity contribution in [2.45, 2.75) is 19.0 Å². The number of rotatable bonds is 9. The lowest BCUT2D eigenvalue weighted by Crippen LogP contribution is -2.13. The molecule has 2 aromatic carbocycles. The van der Waals surface area contributed by atoms with E-state index < -0.39 is 23.6 Å². The first-order valence-corrected chi connectivity index (χ1v) is 10.5. The Balaban J connectivity index is 1.69. The van der Waals surface area contributed by atoms with E-state index in [2.05, 4.69) is 10.3 Å². The lowest BCUT2D eigenvalue weighted by Gasteiger charge is -2.14. The van der Waals surface area contributed by atoms with Crippen molar-refractivity contribution >= 4 is 23.6 Å². The molecule has 35 heavy (non-hydrogen) atoms. The second-order valence-electron chi connectivity index (χ2n) is 7.44. The molecule has 0 atom stereocenters. The third-order valence-corrected chi connectivity index (χ3v) is 4.79. The van der Waals surface area contributed by atoms with Crippen LogP contribution in [0.5, 0.6) is 11.5 Å². The van der Waals surface area contributed by atoms with Gasteiger partial charge in [-0.25, -0.2) is 0 Å². The van der Waals surface area contributed by atoms with Gasteiger partial charge < -0.3 is 20.9 Å². The number of aliphatic hydroxyl groups excluding tert-OH is 1. The number of nitrogens with two attached hydrogens (primary N) is 1. The molecule has 3 rings (SSSR count). The molecule has 0 fully saturated rings. The van der Waals surface area contributed by atoms with Crippen molar-refractivity contribution in [2.75, 3.05) is 11.9 Å². The first kappa shape index (κ1) is 25.4. The van der Waals surface area contributed by atoms with Crippen LogP contribution >= 0.6 is 0 Å². The Morgan fingerprint density at radius 2 is 1.86 bits per heavy atom. The van der Waals surface area contributed by atoms with Crippen LogP contribution in [0.2, 0.25) is 0 Å². The van der Waals surface area contributed by atoms with Gasteiger partial charge in [0, 0.05) is 30.6 Å². The summed E-state index contributed by atoms with van der Waals surface area (Å²) in [5, 5.41) is 11.3. The maximum absolute atomic E-state index is 13.4. The number of pyridine rings is 1. The number of nitrogens with zero attached hydrogens (tertiary/aromatic N) is 1. The van der Waals surface area contributed by atoms with Gasteiger partial charge in [0.2, 0.25) is 5.91 Å².